The Hall–Kier alpha value is -3.19. The van der Waals surface area contributed by atoms with Gasteiger partial charge in [-0.1, -0.05) is 48.5 Å². The predicted octanol–water partition coefficient (Wildman–Crippen LogP) is 1.27. The van der Waals surface area contributed by atoms with Crippen molar-refractivity contribution in [3.05, 3.63) is 60.7 Å². The van der Waals surface area contributed by atoms with Crippen molar-refractivity contribution in [1.29, 1.82) is 0 Å². The van der Waals surface area contributed by atoms with E-state index in [-0.39, 0.29) is 32.1 Å². The average Bonchev–Trinajstić information content (AvgIpc) is 2.66. The molecule has 0 heterocycles. The number of benzene rings is 2. The third-order valence-electron chi connectivity index (χ3n) is 3.83. The van der Waals surface area contributed by atoms with Gasteiger partial charge in [0.25, 0.3) is 0 Å². The minimum absolute atomic E-state index is 0.124. The quantitative estimate of drug-likeness (QED) is 0.432. The summed E-state index contributed by atoms with van der Waals surface area (Å²) in [5.41, 5.74) is 0.854. The van der Waals surface area contributed by atoms with E-state index in [1.165, 1.54) is 6.08 Å². The maximum Gasteiger partial charge on any atom is 0.328 e. The Balaban J connectivity index is 1.86. The molecule has 0 fully saturated rings. The molecular formula is C20H22N2O5. The third-order valence-corrected chi connectivity index (χ3v) is 3.83. The summed E-state index contributed by atoms with van der Waals surface area (Å²) in [5, 5.41) is 15.9. The van der Waals surface area contributed by atoms with Crippen LogP contribution in [0.2, 0.25) is 0 Å². The van der Waals surface area contributed by atoms with E-state index in [4.69, 9.17) is 9.84 Å². The van der Waals surface area contributed by atoms with Crippen LogP contribution < -0.4 is 10.6 Å². The number of ether oxygens (including phenoxy) is 1. The normalized spacial score (nSPS) is 11.6. The molecule has 2 amide bonds. The number of hydrogen-bond acceptors (Lipinski definition) is 4. The second kappa shape index (κ2) is 10.1. The van der Waals surface area contributed by atoms with Crippen LogP contribution in [0.5, 0.6) is 0 Å². The van der Waals surface area contributed by atoms with Crippen LogP contribution in [0.1, 0.15) is 5.56 Å². The predicted molar refractivity (Wildman–Crippen MR) is 101 cm³/mol. The lowest BCUT2D eigenvalue weighted by atomic mass is 10.0. The fourth-order valence-corrected chi connectivity index (χ4v) is 2.55. The number of rotatable bonds is 10. The molecule has 2 aromatic rings. The number of carboxylic acid groups (broad SMARTS) is 1. The van der Waals surface area contributed by atoms with Gasteiger partial charge in [0.1, 0.15) is 0 Å². The Morgan fingerprint density at radius 3 is 2.59 bits per heavy atom. The molecule has 0 aromatic heterocycles. The molecule has 0 aliphatic rings. The van der Waals surface area contributed by atoms with Crippen molar-refractivity contribution in [2.45, 2.75) is 12.5 Å². The zero-order chi connectivity index (χ0) is 19.6. The lowest BCUT2D eigenvalue weighted by molar-refractivity contribution is -0.143. The molecule has 2 aromatic carbocycles. The highest BCUT2D eigenvalue weighted by Gasteiger charge is 2.20. The summed E-state index contributed by atoms with van der Waals surface area (Å²) in [4.78, 5) is 35.2. The van der Waals surface area contributed by atoms with Crippen LogP contribution in [0.15, 0.2) is 55.1 Å². The van der Waals surface area contributed by atoms with Crippen LogP contribution in [0, 0.1) is 0 Å². The van der Waals surface area contributed by atoms with E-state index in [0.29, 0.717) is 0 Å². The van der Waals surface area contributed by atoms with E-state index >= 15 is 0 Å². The average molecular weight is 370 g/mol. The number of carbonyl (C=O) groups excluding carboxylic acids is 2. The highest BCUT2D eigenvalue weighted by molar-refractivity contribution is 5.92. The van der Waals surface area contributed by atoms with Gasteiger partial charge in [-0.3, -0.25) is 9.59 Å². The van der Waals surface area contributed by atoms with Crippen LogP contribution in [0.4, 0.5) is 0 Å². The molecule has 0 spiro atoms. The number of nitrogens with one attached hydrogen (secondary N) is 2. The number of fused-ring (bicyclic) bond motifs is 1. The van der Waals surface area contributed by atoms with Crippen molar-refractivity contribution in [2.24, 2.45) is 0 Å². The lowest BCUT2D eigenvalue weighted by Crippen LogP contribution is -2.48. The Morgan fingerprint density at radius 2 is 1.85 bits per heavy atom. The third kappa shape index (κ3) is 6.23. The van der Waals surface area contributed by atoms with Crippen LogP contribution >= 0.6 is 0 Å². The molecule has 7 heteroatoms. The minimum atomic E-state index is -1.21. The molecule has 0 saturated heterocycles. The zero-order valence-electron chi connectivity index (χ0n) is 14.8. The topological polar surface area (TPSA) is 105 Å². The largest absolute Gasteiger partial charge is 0.480 e. The first-order chi connectivity index (χ1) is 13.0. The summed E-state index contributed by atoms with van der Waals surface area (Å²) < 4.78 is 5.05. The Bertz CT molecular complexity index is 829. The maximum absolute atomic E-state index is 12.1. The van der Waals surface area contributed by atoms with Gasteiger partial charge in [0.15, 0.2) is 6.04 Å². The maximum atomic E-state index is 12.1. The molecule has 3 N–H and O–H groups in total. The lowest BCUT2D eigenvalue weighted by Gasteiger charge is -2.14. The van der Waals surface area contributed by atoms with E-state index in [2.05, 4.69) is 17.2 Å². The van der Waals surface area contributed by atoms with Crippen molar-refractivity contribution in [1.82, 2.24) is 10.6 Å². The summed E-state index contributed by atoms with van der Waals surface area (Å²) in [6, 6.07) is 12.2. The Kier molecular flexibility index (Phi) is 7.51. The zero-order valence-corrected chi connectivity index (χ0v) is 14.8. The first kappa shape index (κ1) is 20.1. The molecule has 0 aliphatic carbocycles. The fraction of sp³-hybridized carbons (Fsp3) is 0.250. The van der Waals surface area contributed by atoms with Gasteiger partial charge >= 0.3 is 5.97 Å². The molecular weight excluding hydrogens is 348 g/mol. The monoisotopic (exact) mass is 370 g/mol. The van der Waals surface area contributed by atoms with E-state index in [1.54, 1.807) is 0 Å². The van der Waals surface area contributed by atoms with Crippen molar-refractivity contribution in [3.8, 4) is 0 Å². The van der Waals surface area contributed by atoms with Crippen LogP contribution in [-0.2, 0) is 25.5 Å². The number of carbonyl (C=O) groups is 3. The molecule has 0 bridgehead atoms. The van der Waals surface area contributed by atoms with Gasteiger partial charge in [0, 0.05) is 0 Å². The molecule has 2 rings (SSSR count). The number of aliphatic carboxylic acids is 1. The van der Waals surface area contributed by atoms with Crippen LogP contribution in [0.3, 0.4) is 0 Å². The highest BCUT2D eigenvalue weighted by Crippen LogP contribution is 2.18. The summed E-state index contributed by atoms with van der Waals surface area (Å²) in [5.74, 6) is -2.14. The second-order valence-corrected chi connectivity index (χ2v) is 5.88. The number of carboxylic acids is 1. The molecule has 0 radical (unpaired) electrons. The van der Waals surface area contributed by atoms with Gasteiger partial charge in [-0.15, -0.1) is 6.58 Å². The highest BCUT2D eigenvalue weighted by atomic mass is 16.5. The Morgan fingerprint density at radius 1 is 1.11 bits per heavy atom. The van der Waals surface area contributed by atoms with E-state index in [0.717, 1.165) is 16.3 Å². The Labute approximate surface area is 157 Å². The van der Waals surface area contributed by atoms with Gasteiger partial charge in [-0.2, -0.15) is 0 Å². The smallest absolute Gasteiger partial charge is 0.328 e. The SMILES string of the molecule is C=CCOCC(NC(=O)CNC(=O)Cc1cccc2ccccc12)C(=O)O. The summed E-state index contributed by atoms with van der Waals surface area (Å²) in [6.45, 7) is 3.15. The van der Waals surface area contributed by atoms with Crippen LogP contribution in [-0.4, -0.2) is 48.7 Å². The van der Waals surface area contributed by atoms with Gasteiger partial charge in [-0.05, 0) is 16.3 Å². The molecule has 7 nitrogen and oxygen atoms in total. The number of hydrogen-bond donors (Lipinski definition) is 3. The first-order valence-corrected chi connectivity index (χ1v) is 8.45. The molecule has 0 aliphatic heterocycles. The van der Waals surface area contributed by atoms with E-state index < -0.39 is 17.9 Å². The molecule has 27 heavy (non-hydrogen) atoms. The van der Waals surface area contributed by atoms with Crippen molar-refractivity contribution in [3.63, 3.8) is 0 Å². The summed E-state index contributed by atoms with van der Waals surface area (Å²) >= 11 is 0. The van der Waals surface area contributed by atoms with E-state index in [1.807, 2.05) is 42.5 Å². The van der Waals surface area contributed by atoms with Gasteiger partial charge in [0.05, 0.1) is 26.2 Å². The van der Waals surface area contributed by atoms with Gasteiger partial charge in [0.2, 0.25) is 11.8 Å². The summed E-state index contributed by atoms with van der Waals surface area (Å²) in [7, 11) is 0. The first-order valence-electron chi connectivity index (χ1n) is 8.45. The summed E-state index contributed by atoms with van der Waals surface area (Å²) in [6.07, 6.45) is 1.60. The van der Waals surface area contributed by atoms with E-state index in [9.17, 15) is 14.4 Å². The standard InChI is InChI=1S/C20H22N2O5/c1-2-10-27-13-17(20(25)26)22-19(24)12-21-18(23)11-15-8-5-7-14-6-3-4-9-16(14)15/h2-9,17H,1,10-13H2,(H,21,23)(H,22,24)(H,25,26). The molecule has 1 atom stereocenters. The molecule has 142 valence electrons. The fourth-order valence-electron chi connectivity index (χ4n) is 2.55. The second-order valence-electron chi connectivity index (χ2n) is 5.88. The van der Waals surface area contributed by atoms with Gasteiger partial charge < -0.3 is 20.5 Å². The van der Waals surface area contributed by atoms with Gasteiger partial charge in [-0.25, -0.2) is 4.79 Å². The van der Waals surface area contributed by atoms with Crippen LogP contribution in [0.25, 0.3) is 10.8 Å². The van der Waals surface area contributed by atoms with Crippen molar-refractivity contribution < 1.29 is 24.2 Å². The molecule has 1 unspecified atom stereocenters. The van der Waals surface area contributed by atoms with Crippen molar-refractivity contribution in [2.75, 3.05) is 19.8 Å². The number of amides is 2. The minimum Gasteiger partial charge on any atom is -0.480 e. The van der Waals surface area contributed by atoms with Crippen molar-refractivity contribution >= 4 is 28.6 Å². The molecule has 0 saturated carbocycles.